The molecule has 4 heteroatoms. The fraction of sp³-hybridized carbons (Fsp3) is 0.450. The Morgan fingerprint density at radius 1 is 1.17 bits per heavy atom. The maximum atomic E-state index is 12.4. The van der Waals surface area contributed by atoms with Gasteiger partial charge in [0.1, 0.15) is 5.76 Å². The Balaban J connectivity index is 1.37. The lowest BCUT2D eigenvalue weighted by Crippen LogP contribution is -2.49. The predicted molar refractivity (Wildman–Crippen MR) is 92.9 cm³/mol. The summed E-state index contributed by atoms with van der Waals surface area (Å²) in [4.78, 5) is 12.4. The van der Waals surface area contributed by atoms with Crippen molar-refractivity contribution in [3.8, 4) is 0 Å². The minimum absolute atomic E-state index is 0.0709. The zero-order chi connectivity index (χ0) is 16.4. The summed E-state index contributed by atoms with van der Waals surface area (Å²) < 4.78 is 5.49. The molecule has 2 amide bonds. The van der Waals surface area contributed by atoms with E-state index in [0.717, 1.165) is 43.4 Å². The standard InChI is InChI=1S/C20H24N2O2/c23-19(22-17-8-4-9-18-16(17)10-13-24-18)21-14-20(11-5-12-20)15-6-2-1-3-7-15/h1-3,6-7,10,13,17H,4-5,8-9,11-12,14H2,(H2,21,22,23). The van der Waals surface area contributed by atoms with Crippen LogP contribution >= 0.6 is 0 Å². The maximum absolute atomic E-state index is 12.4. The number of amides is 2. The number of benzene rings is 1. The number of urea groups is 1. The molecule has 1 fully saturated rings. The monoisotopic (exact) mass is 324 g/mol. The quantitative estimate of drug-likeness (QED) is 0.890. The number of hydrogen-bond acceptors (Lipinski definition) is 2. The van der Waals surface area contributed by atoms with E-state index in [2.05, 4.69) is 34.9 Å². The van der Waals surface area contributed by atoms with Gasteiger partial charge in [-0.25, -0.2) is 4.79 Å². The summed E-state index contributed by atoms with van der Waals surface area (Å²) in [5, 5.41) is 6.24. The second-order valence-electron chi connectivity index (χ2n) is 7.07. The minimum Gasteiger partial charge on any atom is -0.469 e. The van der Waals surface area contributed by atoms with Gasteiger partial charge in [-0.2, -0.15) is 0 Å². The highest BCUT2D eigenvalue weighted by molar-refractivity contribution is 5.74. The fourth-order valence-electron chi connectivity index (χ4n) is 4.06. The number of aryl methyl sites for hydroxylation is 1. The second-order valence-corrected chi connectivity index (χ2v) is 7.07. The van der Waals surface area contributed by atoms with Crippen molar-refractivity contribution in [1.82, 2.24) is 10.6 Å². The lowest BCUT2D eigenvalue weighted by Gasteiger charge is -2.42. The third kappa shape index (κ3) is 2.81. The first-order chi connectivity index (χ1) is 11.8. The van der Waals surface area contributed by atoms with Gasteiger partial charge >= 0.3 is 6.03 Å². The topological polar surface area (TPSA) is 54.3 Å². The largest absolute Gasteiger partial charge is 0.469 e. The van der Waals surface area contributed by atoms with E-state index in [-0.39, 0.29) is 17.5 Å². The molecule has 1 saturated carbocycles. The molecule has 0 saturated heterocycles. The van der Waals surface area contributed by atoms with Crippen molar-refractivity contribution in [1.29, 1.82) is 0 Å². The Hall–Kier alpha value is -2.23. The molecule has 0 radical (unpaired) electrons. The highest BCUT2D eigenvalue weighted by atomic mass is 16.3. The van der Waals surface area contributed by atoms with Crippen LogP contribution in [-0.4, -0.2) is 12.6 Å². The molecule has 0 aliphatic heterocycles. The van der Waals surface area contributed by atoms with Gasteiger partial charge in [-0.05, 0) is 37.3 Å². The molecule has 2 aliphatic carbocycles. The summed E-state index contributed by atoms with van der Waals surface area (Å²) in [6.07, 6.45) is 8.25. The van der Waals surface area contributed by atoms with Gasteiger partial charge in [0.2, 0.25) is 0 Å². The van der Waals surface area contributed by atoms with Gasteiger partial charge in [0.25, 0.3) is 0 Å². The van der Waals surface area contributed by atoms with Gasteiger partial charge in [-0.15, -0.1) is 0 Å². The normalized spacial score (nSPS) is 21.4. The number of carbonyl (C=O) groups is 1. The summed E-state index contributed by atoms with van der Waals surface area (Å²) in [7, 11) is 0. The Morgan fingerprint density at radius 3 is 2.75 bits per heavy atom. The number of hydrogen-bond donors (Lipinski definition) is 2. The van der Waals surface area contributed by atoms with Gasteiger partial charge in [-0.3, -0.25) is 0 Å². The molecule has 0 spiro atoms. The van der Waals surface area contributed by atoms with Crippen LogP contribution in [0.1, 0.15) is 55.0 Å². The molecule has 24 heavy (non-hydrogen) atoms. The van der Waals surface area contributed by atoms with Crippen molar-refractivity contribution in [2.24, 2.45) is 0 Å². The summed E-state index contributed by atoms with van der Waals surface area (Å²) in [6, 6.07) is 12.5. The molecule has 2 N–H and O–H groups in total. The van der Waals surface area contributed by atoms with Crippen molar-refractivity contribution in [2.45, 2.75) is 50.0 Å². The van der Waals surface area contributed by atoms with Gasteiger partial charge in [0.05, 0.1) is 12.3 Å². The van der Waals surface area contributed by atoms with Crippen molar-refractivity contribution in [3.05, 3.63) is 59.5 Å². The van der Waals surface area contributed by atoms with Crippen molar-refractivity contribution >= 4 is 6.03 Å². The van der Waals surface area contributed by atoms with Crippen LogP contribution in [0.25, 0.3) is 0 Å². The third-order valence-electron chi connectivity index (χ3n) is 5.64. The SMILES string of the molecule is O=C(NCC1(c2ccccc2)CCC1)NC1CCCc2occc21. The van der Waals surface area contributed by atoms with Crippen LogP contribution in [0.5, 0.6) is 0 Å². The van der Waals surface area contributed by atoms with Crippen LogP contribution < -0.4 is 10.6 Å². The number of fused-ring (bicyclic) bond motifs is 1. The zero-order valence-electron chi connectivity index (χ0n) is 13.9. The van der Waals surface area contributed by atoms with Crippen molar-refractivity contribution in [2.75, 3.05) is 6.54 Å². The van der Waals surface area contributed by atoms with Crippen LogP contribution in [0.15, 0.2) is 47.1 Å². The van der Waals surface area contributed by atoms with Gasteiger partial charge in [0, 0.05) is 23.9 Å². The maximum Gasteiger partial charge on any atom is 0.315 e. The lowest BCUT2D eigenvalue weighted by molar-refractivity contribution is 0.211. The van der Waals surface area contributed by atoms with E-state index in [9.17, 15) is 4.79 Å². The van der Waals surface area contributed by atoms with Crippen molar-refractivity contribution < 1.29 is 9.21 Å². The molecular weight excluding hydrogens is 300 g/mol. The molecule has 4 rings (SSSR count). The summed E-state index contributed by atoms with van der Waals surface area (Å²) in [6.45, 7) is 0.702. The van der Waals surface area contributed by atoms with Crippen LogP contribution in [0.3, 0.4) is 0 Å². The molecule has 2 aromatic rings. The Morgan fingerprint density at radius 2 is 2.00 bits per heavy atom. The molecule has 0 bridgehead atoms. The second kappa shape index (κ2) is 6.34. The highest BCUT2D eigenvalue weighted by Crippen LogP contribution is 2.43. The van der Waals surface area contributed by atoms with Gasteiger partial charge < -0.3 is 15.1 Å². The highest BCUT2D eigenvalue weighted by Gasteiger charge is 2.38. The van der Waals surface area contributed by atoms with E-state index >= 15 is 0 Å². The van der Waals surface area contributed by atoms with Crippen LogP contribution in [0.2, 0.25) is 0 Å². The van der Waals surface area contributed by atoms with Crippen molar-refractivity contribution in [3.63, 3.8) is 0 Å². The number of rotatable bonds is 4. The molecule has 126 valence electrons. The molecule has 1 aromatic heterocycles. The molecule has 1 atom stereocenters. The number of carbonyl (C=O) groups excluding carboxylic acids is 1. The van der Waals surface area contributed by atoms with E-state index in [1.54, 1.807) is 6.26 Å². The summed E-state index contributed by atoms with van der Waals surface area (Å²) in [5.41, 5.74) is 2.59. The average Bonchev–Trinajstić information content (AvgIpc) is 3.05. The summed E-state index contributed by atoms with van der Waals surface area (Å²) >= 11 is 0. The van der Waals surface area contributed by atoms with Gasteiger partial charge in [-0.1, -0.05) is 36.8 Å². The molecule has 2 aliphatic rings. The molecule has 1 aromatic carbocycles. The van der Waals surface area contributed by atoms with Crippen LogP contribution in [0, 0.1) is 0 Å². The zero-order valence-corrected chi connectivity index (χ0v) is 13.9. The molecule has 1 unspecified atom stereocenters. The first kappa shape index (κ1) is 15.3. The molecule has 1 heterocycles. The first-order valence-electron chi connectivity index (χ1n) is 8.93. The van der Waals surface area contributed by atoms with E-state index in [1.165, 1.54) is 12.0 Å². The first-order valence-corrected chi connectivity index (χ1v) is 8.93. The lowest BCUT2D eigenvalue weighted by atomic mass is 9.64. The Labute approximate surface area is 142 Å². The molecule has 4 nitrogen and oxygen atoms in total. The average molecular weight is 324 g/mol. The Kier molecular flexibility index (Phi) is 4.05. The third-order valence-corrected chi connectivity index (χ3v) is 5.64. The fourth-order valence-corrected chi connectivity index (χ4v) is 4.06. The molecular formula is C20H24N2O2. The van der Waals surface area contributed by atoms with E-state index in [0.29, 0.717) is 6.54 Å². The number of furan rings is 1. The van der Waals surface area contributed by atoms with E-state index in [1.807, 2.05) is 12.1 Å². The van der Waals surface area contributed by atoms with Crippen LogP contribution in [-0.2, 0) is 11.8 Å². The van der Waals surface area contributed by atoms with Crippen LogP contribution in [0.4, 0.5) is 4.79 Å². The van der Waals surface area contributed by atoms with E-state index in [4.69, 9.17) is 4.42 Å². The Bertz CT molecular complexity index is 703. The predicted octanol–water partition coefficient (Wildman–Crippen LogP) is 4.08. The number of nitrogens with one attached hydrogen (secondary N) is 2. The minimum atomic E-state index is -0.0729. The van der Waals surface area contributed by atoms with Gasteiger partial charge in [0.15, 0.2) is 0 Å². The van der Waals surface area contributed by atoms with E-state index < -0.39 is 0 Å². The summed E-state index contributed by atoms with van der Waals surface area (Å²) in [5.74, 6) is 1.02. The smallest absolute Gasteiger partial charge is 0.315 e.